The molecule has 0 radical (unpaired) electrons. The molecule has 0 saturated carbocycles. The normalized spacial score (nSPS) is 11.8. The Morgan fingerprint density at radius 1 is 1.37 bits per heavy atom. The van der Waals surface area contributed by atoms with Crippen LogP contribution in [0.3, 0.4) is 0 Å². The summed E-state index contributed by atoms with van der Waals surface area (Å²) in [5, 5.41) is 13.9. The van der Waals surface area contributed by atoms with E-state index in [0.717, 1.165) is 11.3 Å². The zero-order chi connectivity index (χ0) is 14.0. The lowest BCUT2D eigenvalue weighted by atomic mass is 10.3. The number of carbonyl (C=O) groups is 1. The number of methoxy groups -OCH3 is 1. The fourth-order valence-corrected chi connectivity index (χ4v) is 2.05. The molecule has 2 heterocycles. The first kappa shape index (κ1) is 13.5. The fraction of sp³-hybridized carbons (Fsp3) is 0.375. The van der Waals surface area contributed by atoms with Crippen LogP contribution in [-0.2, 0) is 17.5 Å². The molecular formula is C8H6F3N5O2S. The number of hydrogen-bond acceptors (Lipinski definition) is 7. The summed E-state index contributed by atoms with van der Waals surface area (Å²) in [6.45, 7) is 0.119. The molecule has 0 bridgehead atoms. The zero-order valence-electron chi connectivity index (χ0n) is 9.38. The Kier molecular flexibility index (Phi) is 3.57. The van der Waals surface area contributed by atoms with Gasteiger partial charge in [0.25, 0.3) is 0 Å². The van der Waals surface area contributed by atoms with Crippen molar-refractivity contribution < 1.29 is 22.7 Å². The van der Waals surface area contributed by atoms with Gasteiger partial charge in [-0.25, -0.2) is 0 Å². The Hall–Kier alpha value is -1.88. The number of halogens is 3. The van der Waals surface area contributed by atoms with Crippen LogP contribution in [-0.4, -0.2) is 38.6 Å². The Labute approximate surface area is 108 Å². The summed E-state index contributed by atoms with van der Waals surface area (Å²) >= 11 is 0.862. The van der Waals surface area contributed by atoms with Gasteiger partial charge < -0.3 is 4.74 Å². The first-order valence-electron chi connectivity index (χ1n) is 4.77. The van der Waals surface area contributed by atoms with E-state index >= 15 is 0 Å². The lowest BCUT2D eigenvalue weighted by Crippen LogP contribution is -2.15. The number of alkyl halides is 3. The minimum absolute atomic E-state index is 0.0105. The standard InChI is InChI=1S/C8H6F3N5O2S/c1-18-3-5-13-14-7(19-5)16-6(8(9,10)11)4(2-17)12-15-16/h2H,3H2,1H3. The molecule has 0 aromatic carbocycles. The molecule has 0 unspecified atom stereocenters. The van der Waals surface area contributed by atoms with E-state index in [1.807, 2.05) is 0 Å². The maximum atomic E-state index is 12.8. The number of aldehydes is 1. The van der Waals surface area contributed by atoms with Crippen molar-refractivity contribution in [1.82, 2.24) is 25.2 Å². The number of aromatic nitrogens is 5. The van der Waals surface area contributed by atoms with Crippen molar-refractivity contribution >= 4 is 17.6 Å². The summed E-state index contributed by atoms with van der Waals surface area (Å²) in [5.74, 6) is 0. The lowest BCUT2D eigenvalue weighted by Gasteiger charge is -2.06. The van der Waals surface area contributed by atoms with Gasteiger partial charge in [-0.2, -0.15) is 17.9 Å². The number of rotatable bonds is 4. The van der Waals surface area contributed by atoms with Crippen LogP contribution in [0.2, 0.25) is 0 Å². The molecule has 0 N–H and O–H groups in total. The van der Waals surface area contributed by atoms with E-state index in [0.29, 0.717) is 9.69 Å². The molecule has 0 amide bonds. The molecule has 0 atom stereocenters. The molecule has 0 saturated heterocycles. The van der Waals surface area contributed by atoms with E-state index in [1.165, 1.54) is 7.11 Å². The van der Waals surface area contributed by atoms with Crippen LogP contribution in [0.4, 0.5) is 13.2 Å². The van der Waals surface area contributed by atoms with Crippen LogP contribution in [0.5, 0.6) is 0 Å². The van der Waals surface area contributed by atoms with Crippen LogP contribution < -0.4 is 0 Å². The van der Waals surface area contributed by atoms with Crippen molar-refractivity contribution in [3.05, 3.63) is 16.4 Å². The van der Waals surface area contributed by atoms with Crippen molar-refractivity contribution in [3.8, 4) is 5.13 Å². The lowest BCUT2D eigenvalue weighted by molar-refractivity contribution is -0.143. The second-order valence-corrected chi connectivity index (χ2v) is 4.30. The van der Waals surface area contributed by atoms with Crippen LogP contribution >= 0.6 is 11.3 Å². The van der Waals surface area contributed by atoms with Crippen molar-refractivity contribution in [2.24, 2.45) is 0 Å². The molecule has 0 aliphatic rings. The molecule has 0 fully saturated rings. The van der Waals surface area contributed by atoms with Gasteiger partial charge in [0.15, 0.2) is 17.7 Å². The van der Waals surface area contributed by atoms with Gasteiger partial charge in [0.05, 0.1) is 0 Å². The average Bonchev–Trinajstić information content (AvgIpc) is 2.93. The van der Waals surface area contributed by atoms with E-state index in [1.54, 1.807) is 0 Å². The van der Waals surface area contributed by atoms with E-state index in [4.69, 9.17) is 4.74 Å². The minimum atomic E-state index is -4.77. The van der Waals surface area contributed by atoms with Gasteiger partial charge >= 0.3 is 6.18 Å². The summed E-state index contributed by atoms with van der Waals surface area (Å²) < 4.78 is 43.8. The molecule has 102 valence electrons. The largest absolute Gasteiger partial charge is 0.435 e. The Morgan fingerprint density at radius 2 is 2.11 bits per heavy atom. The van der Waals surface area contributed by atoms with E-state index < -0.39 is 17.6 Å². The van der Waals surface area contributed by atoms with Crippen molar-refractivity contribution in [3.63, 3.8) is 0 Å². The van der Waals surface area contributed by atoms with E-state index in [9.17, 15) is 18.0 Å². The zero-order valence-corrected chi connectivity index (χ0v) is 10.2. The van der Waals surface area contributed by atoms with Gasteiger partial charge in [0.2, 0.25) is 5.13 Å². The van der Waals surface area contributed by atoms with Crippen molar-refractivity contribution in [2.45, 2.75) is 12.8 Å². The summed E-state index contributed by atoms with van der Waals surface area (Å²) in [6.07, 6.45) is -4.78. The first-order valence-corrected chi connectivity index (χ1v) is 5.58. The Bertz CT molecular complexity index is 593. The molecule has 2 rings (SSSR count). The van der Waals surface area contributed by atoms with Crippen LogP contribution in [0, 0.1) is 0 Å². The number of hydrogen-bond donors (Lipinski definition) is 0. The van der Waals surface area contributed by atoms with E-state index in [-0.39, 0.29) is 18.0 Å². The smallest absolute Gasteiger partial charge is 0.377 e. The molecule has 2 aromatic heterocycles. The monoisotopic (exact) mass is 293 g/mol. The van der Waals surface area contributed by atoms with Crippen LogP contribution in [0.25, 0.3) is 5.13 Å². The van der Waals surface area contributed by atoms with Crippen molar-refractivity contribution in [1.29, 1.82) is 0 Å². The summed E-state index contributed by atoms with van der Waals surface area (Å²) in [7, 11) is 1.42. The van der Waals surface area contributed by atoms with Crippen LogP contribution in [0.15, 0.2) is 0 Å². The van der Waals surface area contributed by atoms with Crippen LogP contribution in [0.1, 0.15) is 21.2 Å². The van der Waals surface area contributed by atoms with Crippen molar-refractivity contribution in [2.75, 3.05) is 7.11 Å². The van der Waals surface area contributed by atoms with Gasteiger partial charge in [-0.15, -0.1) is 15.3 Å². The van der Waals surface area contributed by atoms with Gasteiger partial charge in [-0.1, -0.05) is 16.6 Å². The number of nitrogens with zero attached hydrogens (tertiary/aromatic N) is 5. The highest BCUT2D eigenvalue weighted by atomic mass is 32.1. The Morgan fingerprint density at radius 3 is 2.68 bits per heavy atom. The Balaban J connectivity index is 2.49. The second-order valence-electron chi connectivity index (χ2n) is 3.26. The second kappa shape index (κ2) is 5.01. The molecule has 19 heavy (non-hydrogen) atoms. The molecule has 0 spiro atoms. The predicted molar refractivity (Wildman–Crippen MR) is 55.9 cm³/mol. The van der Waals surface area contributed by atoms with Gasteiger partial charge in [0, 0.05) is 7.11 Å². The maximum Gasteiger partial charge on any atom is 0.435 e. The fourth-order valence-electron chi connectivity index (χ4n) is 1.28. The SMILES string of the molecule is COCc1nnc(-n2nnc(C=O)c2C(F)(F)F)s1. The molecule has 0 aliphatic heterocycles. The van der Waals surface area contributed by atoms with Gasteiger partial charge in [-0.3, -0.25) is 4.79 Å². The minimum Gasteiger partial charge on any atom is -0.377 e. The quantitative estimate of drug-likeness (QED) is 0.785. The predicted octanol–water partition coefficient (Wildman–Crippen LogP) is 1.10. The summed E-state index contributed by atoms with van der Waals surface area (Å²) in [6, 6.07) is 0. The number of carbonyl (C=O) groups excluding carboxylic acids is 1. The molecule has 7 nitrogen and oxygen atoms in total. The third-order valence-corrected chi connectivity index (χ3v) is 2.85. The third-order valence-electron chi connectivity index (χ3n) is 1.98. The topological polar surface area (TPSA) is 82.8 Å². The molecule has 2 aromatic rings. The van der Waals surface area contributed by atoms with Gasteiger partial charge in [0.1, 0.15) is 11.6 Å². The average molecular weight is 293 g/mol. The highest BCUT2D eigenvalue weighted by Crippen LogP contribution is 2.32. The first-order chi connectivity index (χ1) is 8.97. The summed E-state index contributed by atoms with van der Waals surface area (Å²) in [4.78, 5) is 10.6. The number of ether oxygens (including phenoxy) is 1. The highest BCUT2D eigenvalue weighted by Gasteiger charge is 2.40. The maximum absolute atomic E-state index is 12.8. The van der Waals surface area contributed by atoms with Gasteiger partial charge in [-0.05, 0) is 0 Å². The molecule has 0 aliphatic carbocycles. The third kappa shape index (κ3) is 2.61. The highest BCUT2D eigenvalue weighted by molar-refractivity contribution is 7.13. The molecule has 11 heteroatoms. The summed E-state index contributed by atoms with van der Waals surface area (Å²) in [5.41, 5.74) is -2.07. The van der Waals surface area contributed by atoms with E-state index in [2.05, 4.69) is 20.5 Å². The molecular weight excluding hydrogens is 287 g/mol.